The minimum absolute atomic E-state index is 0.635. The third kappa shape index (κ3) is 3.98. The van der Waals surface area contributed by atoms with E-state index in [0.29, 0.717) is 5.25 Å². The number of halogens is 1. The smallest absolute Gasteiger partial charge is 0.0611 e. The highest BCUT2D eigenvalue weighted by atomic mass is 79.9. The van der Waals surface area contributed by atoms with Gasteiger partial charge < -0.3 is 10.1 Å². The minimum atomic E-state index is 0.635. The van der Waals surface area contributed by atoms with Crippen LogP contribution in [0, 0.1) is 0 Å². The van der Waals surface area contributed by atoms with Crippen molar-refractivity contribution in [1.29, 1.82) is 0 Å². The van der Waals surface area contributed by atoms with Crippen molar-refractivity contribution in [3.63, 3.8) is 0 Å². The molecule has 0 bridgehead atoms. The van der Waals surface area contributed by atoms with Crippen molar-refractivity contribution in [2.45, 2.75) is 30.0 Å². The first-order chi connectivity index (χ1) is 8.29. The molecule has 4 heteroatoms. The van der Waals surface area contributed by atoms with Gasteiger partial charge in [0.25, 0.3) is 0 Å². The van der Waals surface area contributed by atoms with Crippen molar-refractivity contribution in [3.05, 3.63) is 28.2 Å². The van der Waals surface area contributed by atoms with Gasteiger partial charge in [0.1, 0.15) is 0 Å². The van der Waals surface area contributed by atoms with E-state index in [1.165, 1.54) is 21.4 Å². The molecule has 1 fully saturated rings. The molecule has 2 nitrogen and oxygen atoms in total. The highest BCUT2D eigenvalue weighted by Crippen LogP contribution is 2.33. The lowest BCUT2D eigenvalue weighted by Gasteiger charge is -2.25. The number of hydrogen-bond donors (Lipinski definition) is 1. The molecule has 0 unspecified atom stereocenters. The maximum atomic E-state index is 5.19. The van der Waals surface area contributed by atoms with Gasteiger partial charge in [0.05, 0.1) is 18.5 Å². The lowest BCUT2D eigenvalue weighted by molar-refractivity contribution is 0.0455. The fraction of sp³-hybridized carbons (Fsp3) is 0.538. The Balaban J connectivity index is 1.90. The van der Waals surface area contributed by atoms with Crippen molar-refractivity contribution < 1.29 is 4.74 Å². The second kappa shape index (κ2) is 6.78. The van der Waals surface area contributed by atoms with Crippen molar-refractivity contribution >= 4 is 27.7 Å². The number of hydrogen-bond acceptors (Lipinski definition) is 3. The molecule has 0 aromatic heterocycles. The predicted molar refractivity (Wildman–Crippen MR) is 76.6 cm³/mol. The van der Waals surface area contributed by atoms with Crippen LogP contribution in [0.5, 0.6) is 0 Å². The molecule has 1 aromatic rings. The van der Waals surface area contributed by atoms with Crippen molar-refractivity contribution in [2.24, 2.45) is 0 Å². The van der Waals surface area contributed by atoms with Gasteiger partial charge in [0.2, 0.25) is 0 Å². The number of ether oxygens (including phenoxy) is 1. The van der Waals surface area contributed by atoms with E-state index >= 15 is 0 Å². The second-order valence-electron chi connectivity index (χ2n) is 4.22. The molecule has 94 valence electrons. The second-order valence-corrected chi connectivity index (χ2v) is 6.42. The van der Waals surface area contributed by atoms with Gasteiger partial charge >= 0.3 is 0 Å². The van der Waals surface area contributed by atoms with E-state index in [1.54, 1.807) is 0 Å². The predicted octanol–water partition coefficient (Wildman–Crippen LogP) is 3.44. The van der Waals surface area contributed by atoms with Crippen LogP contribution in [0.2, 0.25) is 0 Å². The van der Waals surface area contributed by atoms with E-state index in [4.69, 9.17) is 4.74 Å². The van der Waals surface area contributed by atoms with Crippen LogP contribution in [-0.4, -0.2) is 25.0 Å². The number of thioether (sulfide) groups is 1. The molecule has 0 radical (unpaired) electrons. The fourth-order valence-corrected chi connectivity index (χ4v) is 3.33. The first-order valence-electron chi connectivity index (χ1n) is 6.03. The Kier molecular flexibility index (Phi) is 5.35. The van der Waals surface area contributed by atoms with E-state index in [0.717, 1.165) is 26.3 Å². The molecule has 17 heavy (non-hydrogen) atoms. The highest BCUT2D eigenvalue weighted by molar-refractivity contribution is 9.10. The molecule has 0 saturated carbocycles. The van der Waals surface area contributed by atoms with Gasteiger partial charge in [-0.3, -0.25) is 0 Å². The van der Waals surface area contributed by atoms with Crippen LogP contribution in [0.15, 0.2) is 27.6 Å². The third-order valence-electron chi connectivity index (χ3n) is 2.65. The first kappa shape index (κ1) is 13.4. The zero-order chi connectivity index (χ0) is 12.1. The summed E-state index contributed by atoms with van der Waals surface area (Å²) in [6.45, 7) is 5.98. The average molecular weight is 316 g/mol. The van der Waals surface area contributed by atoms with Gasteiger partial charge in [-0.1, -0.05) is 13.0 Å². The van der Waals surface area contributed by atoms with E-state index in [2.05, 4.69) is 46.4 Å². The lowest BCUT2D eigenvalue weighted by Crippen LogP contribution is -2.30. The van der Waals surface area contributed by atoms with Crippen molar-refractivity contribution in [2.75, 3.05) is 19.8 Å². The summed E-state index contributed by atoms with van der Waals surface area (Å²) in [6, 6.07) is 6.62. The standard InChI is InChI=1S/C13H18BrNOS/c1-2-5-15-7-10-3-4-13(12(14)6-10)17-11-8-16-9-11/h3-4,6,11,15H,2,5,7-9H2,1H3. The Labute approximate surface area is 116 Å². The molecule has 0 atom stereocenters. The summed E-state index contributed by atoms with van der Waals surface area (Å²) in [5.74, 6) is 0. The van der Waals surface area contributed by atoms with Crippen LogP contribution in [0.4, 0.5) is 0 Å². The zero-order valence-electron chi connectivity index (χ0n) is 10.0. The Morgan fingerprint density at radius 1 is 1.47 bits per heavy atom. The number of rotatable bonds is 6. The number of nitrogens with one attached hydrogen (secondary N) is 1. The van der Waals surface area contributed by atoms with Gasteiger partial charge in [0, 0.05) is 15.9 Å². The SMILES string of the molecule is CCCNCc1ccc(SC2COC2)c(Br)c1. The molecule has 0 spiro atoms. The van der Waals surface area contributed by atoms with Crippen LogP contribution in [-0.2, 0) is 11.3 Å². The van der Waals surface area contributed by atoms with Crippen LogP contribution in [0.3, 0.4) is 0 Å². The molecule has 1 N–H and O–H groups in total. The summed E-state index contributed by atoms with van der Waals surface area (Å²) >= 11 is 5.55. The summed E-state index contributed by atoms with van der Waals surface area (Å²) in [6.07, 6.45) is 1.18. The fourth-order valence-electron chi connectivity index (χ4n) is 1.62. The van der Waals surface area contributed by atoms with E-state index in [-0.39, 0.29) is 0 Å². The molecule has 1 heterocycles. The summed E-state index contributed by atoms with van der Waals surface area (Å²) in [5.41, 5.74) is 1.33. The van der Waals surface area contributed by atoms with E-state index in [9.17, 15) is 0 Å². The maximum Gasteiger partial charge on any atom is 0.0611 e. The Hall–Kier alpha value is -0.0300. The summed E-state index contributed by atoms with van der Waals surface area (Å²) in [4.78, 5) is 1.32. The molecule has 1 aliphatic rings. The van der Waals surface area contributed by atoms with Crippen LogP contribution in [0.1, 0.15) is 18.9 Å². The molecular weight excluding hydrogens is 298 g/mol. The Morgan fingerprint density at radius 2 is 2.29 bits per heavy atom. The normalized spacial score (nSPS) is 15.9. The molecule has 1 saturated heterocycles. The maximum absolute atomic E-state index is 5.19. The number of benzene rings is 1. The van der Waals surface area contributed by atoms with Gasteiger partial charge in [-0.05, 0) is 46.6 Å². The monoisotopic (exact) mass is 315 g/mol. The molecule has 2 rings (SSSR count). The van der Waals surface area contributed by atoms with Crippen LogP contribution in [0.25, 0.3) is 0 Å². The van der Waals surface area contributed by atoms with E-state index in [1.807, 2.05) is 11.8 Å². The third-order valence-corrected chi connectivity index (χ3v) is 4.79. The van der Waals surface area contributed by atoms with Gasteiger partial charge in [-0.25, -0.2) is 0 Å². The highest BCUT2D eigenvalue weighted by Gasteiger charge is 2.20. The molecular formula is C13H18BrNOS. The molecule has 1 aromatic carbocycles. The topological polar surface area (TPSA) is 21.3 Å². The lowest BCUT2D eigenvalue weighted by atomic mass is 10.2. The molecule has 1 aliphatic heterocycles. The quantitative estimate of drug-likeness (QED) is 0.813. The molecule has 0 aliphatic carbocycles. The van der Waals surface area contributed by atoms with E-state index < -0.39 is 0 Å². The first-order valence-corrected chi connectivity index (χ1v) is 7.70. The largest absolute Gasteiger partial charge is 0.379 e. The summed E-state index contributed by atoms with van der Waals surface area (Å²) in [5, 5.41) is 4.05. The van der Waals surface area contributed by atoms with Gasteiger partial charge in [0.15, 0.2) is 0 Å². The zero-order valence-corrected chi connectivity index (χ0v) is 12.4. The van der Waals surface area contributed by atoms with Crippen LogP contribution < -0.4 is 5.32 Å². The van der Waals surface area contributed by atoms with Crippen LogP contribution >= 0.6 is 27.7 Å². The summed E-state index contributed by atoms with van der Waals surface area (Å²) in [7, 11) is 0. The summed E-state index contributed by atoms with van der Waals surface area (Å²) < 4.78 is 6.39. The van der Waals surface area contributed by atoms with Gasteiger partial charge in [-0.2, -0.15) is 0 Å². The molecule has 0 amide bonds. The average Bonchev–Trinajstić information content (AvgIpc) is 2.26. The van der Waals surface area contributed by atoms with Crippen molar-refractivity contribution in [3.8, 4) is 0 Å². The van der Waals surface area contributed by atoms with Crippen molar-refractivity contribution in [1.82, 2.24) is 5.32 Å². The Bertz CT molecular complexity index is 368. The minimum Gasteiger partial charge on any atom is -0.379 e. The van der Waals surface area contributed by atoms with Gasteiger partial charge in [-0.15, -0.1) is 11.8 Å². The Morgan fingerprint density at radius 3 is 2.88 bits per heavy atom.